The summed E-state index contributed by atoms with van der Waals surface area (Å²) in [6.07, 6.45) is -1.23. The van der Waals surface area contributed by atoms with Crippen molar-refractivity contribution in [3.8, 4) is 0 Å². The maximum absolute atomic E-state index is 13.2. The van der Waals surface area contributed by atoms with E-state index in [4.69, 9.17) is 5.10 Å². The lowest BCUT2D eigenvalue weighted by Gasteiger charge is -2.38. The second-order valence-corrected chi connectivity index (χ2v) is 14.6. The molecule has 5 fully saturated rings. The third-order valence-electron chi connectivity index (χ3n) is 9.83. The largest absolute Gasteiger partial charge is 0.417 e. The zero-order chi connectivity index (χ0) is 25.0. The van der Waals surface area contributed by atoms with E-state index in [9.17, 15) is 26.7 Å². The third kappa shape index (κ3) is 3.97. The Morgan fingerprint density at radius 3 is 2.29 bits per heavy atom. The minimum atomic E-state index is -4.58. The number of hydrogen-bond donors (Lipinski definition) is 1. The number of aliphatic hydroxyl groups is 1. The molecule has 3 aliphatic carbocycles. The highest BCUT2D eigenvalue weighted by Gasteiger charge is 2.61. The summed E-state index contributed by atoms with van der Waals surface area (Å²) in [4.78, 5) is 2.53. The summed E-state index contributed by atoms with van der Waals surface area (Å²) in [5.74, 6) is 2.37. The van der Waals surface area contributed by atoms with Gasteiger partial charge in [0.05, 0.1) is 17.2 Å². The SMILES string of the molecule is CC(C)n1nc([C@H]2CC[C@@](O)(C(F)(F)F)CC2)cc1[C@H]1[C@@H]2C[C@@H](N3CCC4(C3)CS(=O)(=O)C4)C[C@@H]21. The van der Waals surface area contributed by atoms with E-state index in [0.29, 0.717) is 48.1 Å². The molecule has 2 saturated heterocycles. The van der Waals surface area contributed by atoms with Gasteiger partial charge in [0.2, 0.25) is 0 Å². The molecule has 4 atom stereocenters. The molecule has 1 aromatic heterocycles. The second-order valence-electron chi connectivity index (χ2n) is 12.6. The molecule has 1 spiro atoms. The van der Waals surface area contributed by atoms with Crippen LogP contribution in [0.3, 0.4) is 0 Å². The summed E-state index contributed by atoms with van der Waals surface area (Å²) in [6.45, 7) is 6.12. The Labute approximate surface area is 205 Å². The van der Waals surface area contributed by atoms with Gasteiger partial charge in [-0.15, -0.1) is 0 Å². The molecule has 2 aliphatic heterocycles. The number of nitrogens with zero attached hydrogens (tertiary/aromatic N) is 3. The normalized spacial score (nSPS) is 40.3. The van der Waals surface area contributed by atoms with E-state index in [2.05, 4.69) is 29.5 Å². The quantitative estimate of drug-likeness (QED) is 0.656. The number of hydrogen-bond acceptors (Lipinski definition) is 5. The minimum absolute atomic E-state index is 0.00838. The van der Waals surface area contributed by atoms with Crippen LogP contribution in [0.25, 0.3) is 0 Å². The van der Waals surface area contributed by atoms with E-state index in [1.165, 1.54) is 5.69 Å². The van der Waals surface area contributed by atoms with Crippen LogP contribution in [0.4, 0.5) is 13.2 Å². The standard InChI is InChI=1S/C25H36F3N3O3S/c1-15(2)31-21(11-20(29-31)16-3-5-24(32,6-4-16)25(26,27)28)22-18-9-17(10-19(18)22)30-8-7-23(12-30)13-35(33,34)14-23/h11,15-19,22,32H,3-10,12-14H2,1-2H3/t16-,17-,18-,19+,22+,24-. The fourth-order valence-corrected chi connectivity index (χ4v) is 10.2. The third-order valence-corrected chi connectivity index (χ3v) is 11.9. The zero-order valence-corrected chi connectivity index (χ0v) is 21.3. The first-order chi connectivity index (χ1) is 16.3. The summed E-state index contributed by atoms with van der Waals surface area (Å²) in [7, 11) is -2.81. The Balaban J connectivity index is 1.11. The predicted octanol–water partition coefficient (Wildman–Crippen LogP) is 4.03. The van der Waals surface area contributed by atoms with Crippen LogP contribution in [-0.2, 0) is 9.84 Å². The smallest absolute Gasteiger partial charge is 0.380 e. The van der Waals surface area contributed by atoms with E-state index < -0.39 is 21.6 Å². The first-order valence-electron chi connectivity index (χ1n) is 13.1. The first kappa shape index (κ1) is 24.2. The average molecular weight is 516 g/mol. The highest BCUT2D eigenvalue weighted by Crippen LogP contribution is 2.65. The van der Waals surface area contributed by atoms with Crippen molar-refractivity contribution in [2.24, 2.45) is 17.3 Å². The fraction of sp³-hybridized carbons (Fsp3) is 0.880. The second kappa shape index (κ2) is 7.69. The van der Waals surface area contributed by atoms with Crippen LogP contribution in [0.1, 0.15) is 88.1 Å². The van der Waals surface area contributed by atoms with Crippen LogP contribution in [0.5, 0.6) is 0 Å². The summed E-state index contributed by atoms with van der Waals surface area (Å²) < 4.78 is 65.2. The van der Waals surface area contributed by atoms with Gasteiger partial charge in [-0.05, 0) is 83.2 Å². The number of aromatic nitrogens is 2. The van der Waals surface area contributed by atoms with Crippen molar-refractivity contribution in [3.05, 3.63) is 17.5 Å². The highest BCUT2D eigenvalue weighted by atomic mass is 32.2. The zero-order valence-electron chi connectivity index (χ0n) is 20.5. The van der Waals surface area contributed by atoms with Crippen molar-refractivity contribution in [2.45, 2.75) is 94.5 Å². The maximum Gasteiger partial charge on any atom is 0.417 e. The van der Waals surface area contributed by atoms with Gasteiger partial charge >= 0.3 is 6.18 Å². The molecule has 6 nitrogen and oxygen atoms in total. The highest BCUT2D eigenvalue weighted by molar-refractivity contribution is 7.92. The van der Waals surface area contributed by atoms with Crippen LogP contribution in [0, 0.1) is 17.3 Å². The summed E-state index contributed by atoms with van der Waals surface area (Å²) >= 11 is 0. The Morgan fingerprint density at radius 2 is 1.74 bits per heavy atom. The summed E-state index contributed by atoms with van der Waals surface area (Å²) in [5, 5.41) is 14.9. The van der Waals surface area contributed by atoms with E-state index in [-0.39, 0.29) is 30.2 Å². The van der Waals surface area contributed by atoms with Gasteiger partial charge in [-0.1, -0.05) is 0 Å². The van der Waals surface area contributed by atoms with Crippen molar-refractivity contribution >= 4 is 9.84 Å². The van der Waals surface area contributed by atoms with Gasteiger partial charge in [0.25, 0.3) is 0 Å². The number of alkyl halides is 3. The van der Waals surface area contributed by atoms with Gasteiger partial charge in [0, 0.05) is 41.6 Å². The molecule has 196 valence electrons. The lowest BCUT2D eigenvalue weighted by Crippen LogP contribution is -2.50. The molecule has 5 aliphatic rings. The summed E-state index contributed by atoms with van der Waals surface area (Å²) in [6, 6.07) is 2.87. The van der Waals surface area contributed by atoms with Gasteiger partial charge in [0.15, 0.2) is 15.4 Å². The fourth-order valence-electron chi connectivity index (χ4n) is 7.92. The van der Waals surface area contributed by atoms with Crippen LogP contribution >= 0.6 is 0 Å². The molecule has 0 aromatic carbocycles. The van der Waals surface area contributed by atoms with Crippen molar-refractivity contribution < 1.29 is 26.7 Å². The Bertz CT molecular complexity index is 1080. The molecular weight excluding hydrogens is 479 g/mol. The van der Waals surface area contributed by atoms with Crippen molar-refractivity contribution in [3.63, 3.8) is 0 Å². The average Bonchev–Trinajstić information content (AvgIpc) is 3.18. The molecule has 0 radical (unpaired) electrons. The molecule has 6 rings (SSSR count). The van der Waals surface area contributed by atoms with E-state index >= 15 is 0 Å². The molecule has 3 heterocycles. The van der Waals surface area contributed by atoms with Gasteiger partial charge in [-0.2, -0.15) is 18.3 Å². The molecule has 1 aromatic rings. The van der Waals surface area contributed by atoms with Crippen LogP contribution in [0.15, 0.2) is 6.07 Å². The number of likely N-dealkylation sites (tertiary alicyclic amines) is 1. The van der Waals surface area contributed by atoms with Crippen LogP contribution < -0.4 is 0 Å². The van der Waals surface area contributed by atoms with Crippen LogP contribution in [0.2, 0.25) is 0 Å². The topological polar surface area (TPSA) is 75.4 Å². The first-order valence-corrected chi connectivity index (χ1v) is 14.9. The Morgan fingerprint density at radius 1 is 1.11 bits per heavy atom. The van der Waals surface area contributed by atoms with E-state index in [0.717, 1.165) is 38.0 Å². The number of halogens is 3. The number of fused-ring (bicyclic) bond motifs is 1. The Kier molecular flexibility index (Phi) is 5.32. The van der Waals surface area contributed by atoms with E-state index in [1.54, 1.807) is 0 Å². The van der Waals surface area contributed by atoms with Crippen molar-refractivity contribution in [2.75, 3.05) is 24.6 Å². The number of sulfone groups is 1. The maximum atomic E-state index is 13.2. The molecule has 0 unspecified atom stereocenters. The molecule has 10 heteroatoms. The minimum Gasteiger partial charge on any atom is -0.380 e. The molecule has 1 N–H and O–H groups in total. The molecule has 0 amide bonds. The van der Waals surface area contributed by atoms with Crippen molar-refractivity contribution in [1.82, 2.24) is 14.7 Å². The Hall–Kier alpha value is -1.13. The lowest BCUT2D eigenvalue weighted by atomic mass is 9.77. The van der Waals surface area contributed by atoms with Gasteiger partial charge in [0.1, 0.15) is 0 Å². The van der Waals surface area contributed by atoms with E-state index in [1.807, 2.05) is 0 Å². The lowest BCUT2D eigenvalue weighted by molar-refractivity contribution is -0.270. The molecule has 3 saturated carbocycles. The van der Waals surface area contributed by atoms with Gasteiger partial charge < -0.3 is 5.11 Å². The number of rotatable bonds is 4. The molecule has 35 heavy (non-hydrogen) atoms. The molecular formula is C25H36F3N3O3S. The predicted molar refractivity (Wildman–Crippen MR) is 125 cm³/mol. The van der Waals surface area contributed by atoms with Crippen LogP contribution in [-0.4, -0.2) is 70.6 Å². The summed E-state index contributed by atoms with van der Waals surface area (Å²) in [5.41, 5.74) is -0.447. The monoisotopic (exact) mass is 515 g/mol. The molecule has 0 bridgehead atoms. The van der Waals surface area contributed by atoms with Gasteiger partial charge in [-0.25, -0.2) is 8.42 Å². The van der Waals surface area contributed by atoms with Gasteiger partial charge in [-0.3, -0.25) is 9.58 Å². The van der Waals surface area contributed by atoms with Crippen molar-refractivity contribution in [1.29, 1.82) is 0 Å².